The van der Waals surface area contributed by atoms with Crippen molar-refractivity contribution in [1.29, 1.82) is 0 Å². The third-order valence-electron chi connectivity index (χ3n) is 2.75. The molecule has 5 heteroatoms. The Morgan fingerprint density at radius 1 is 1.14 bits per heavy atom. The highest BCUT2D eigenvalue weighted by molar-refractivity contribution is 6.44. The van der Waals surface area contributed by atoms with Crippen LogP contribution >= 0.6 is 0 Å². The molecule has 0 amide bonds. The van der Waals surface area contributed by atoms with Gasteiger partial charge in [-0.05, 0) is 38.0 Å². The van der Waals surface area contributed by atoms with Crippen LogP contribution in [0.5, 0.6) is 0 Å². The van der Waals surface area contributed by atoms with Crippen molar-refractivity contribution >= 4 is 21.3 Å². The average molecular weight is 308 g/mol. The molecular formula is C16H24O4Si. The fourth-order valence-corrected chi connectivity index (χ4v) is 3.46. The average Bonchev–Trinajstić information content (AvgIpc) is 2.51. The summed E-state index contributed by atoms with van der Waals surface area (Å²) >= 11 is 0. The van der Waals surface area contributed by atoms with Crippen molar-refractivity contribution in [1.82, 2.24) is 0 Å². The molecule has 116 valence electrons. The van der Waals surface area contributed by atoms with E-state index in [1.807, 2.05) is 44.2 Å². The van der Waals surface area contributed by atoms with Crippen LogP contribution in [0, 0.1) is 0 Å². The van der Waals surface area contributed by atoms with E-state index in [2.05, 4.69) is 0 Å². The van der Waals surface area contributed by atoms with Gasteiger partial charge < -0.3 is 13.6 Å². The second kappa shape index (κ2) is 11.3. The van der Waals surface area contributed by atoms with Crippen LogP contribution in [0.4, 0.5) is 0 Å². The van der Waals surface area contributed by atoms with Crippen molar-refractivity contribution in [3.05, 3.63) is 42.0 Å². The summed E-state index contributed by atoms with van der Waals surface area (Å²) in [5.41, 5.74) is 0.981. The summed E-state index contributed by atoms with van der Waals surface area (Å²) in [6.45, 7) is 5.69. The fourth-order valence-electron chi connectivity index (χ4n) is 1.79. The minimum absolute atomic E-state index is 0.315. The Morgan fingerprint density at radius 3 is 2.43 bits per heavy atom. The summed E-state index contributed by atoms with van der Waals surface area (Å²) < 4.78 is 16.3. The maximum absolute atomic E-state index is 11.6. The van der Waals surface area contributed by atoms with Gasteiger partial charge in [0.15, 0.2) is 0 Å². The Hall–Kier alpha value is -1.43. The van der Waals surface area contributed by atoms with E-state index in [4.69, 9.17) is 13.6 Å². The van der Waals surface area contributed by atoms with Gasteiger partial charge in [-0.15, -0.1) is 0 Å². The van der Waals surface area contributed by atoms with Crippen molar-refractivity contribution in [3.63, 3.8) is 0 Å². The molecule has 0 N–H and O–H groups in total. The van der Waals surface area contributed by atoms with Crippen molar-refractivity contribution in [2.24, 2.45) is 0 Å². The van der Waals surface area contributed by atoms with Crippen LogP contribution in [0.2, 0.25) is 6.04 Å². The van der Waals surface area contributed by atoms with Crippen LogP contribution in [0.15, 0.2) is 36.4 Å². The molecule has 21 heavy (non-hydrogen) atoms. The molecule has 0 atom stereocenters. The van der Waals surface area contributed by atoms with Gasteiger partial charge in [-0.2, -0.15) is 0 Å². The Kier molecular flexibility index (Phi) is 9.44. The van der Waals surface area contributed by atoms with E-state index >= 15 is 0 Å². The first-order valence-electron chi connectivity index (χ1n) is 7.39. The standard InChI is InChI=1S/C16H24O4Si/c1-3-19-21(20-4-2)14-8-13-18-16(17)12-11-15-9-6-5-7-10-15/h5-7,9-12,21H,3-4,8,13-14H2,1-2H3/b12-11+. The van der Waals surface area contributed by atoms with E-state index in [9.17, 15) is 4.79 Å². The Labute approximate surface area is 128 Å². The summed E-state index contributed by atoms with van der Waals surface area (Å²) in [4.78, 5) is 11.6. The molecule has 0 heterocycles. The first-order chi connectivity index (χ1) is 10.3. The van der Waals surface area contributed by atoms with Gasteiger partial charge in [0.25, 0.3) is 0 Å². The second-order valence-corrected chi connectivity index (χ2v) is 6.50. The van der Waals surface area contributed by atoms with Crippen LogP contribution in [-0.2, 0) is 18.4 Å². The minimum Gasteiger partial charge on any atom is -0.463 e. The zero-order valence-corrected chi connectivity index (χ0v) is 13.9. The predicted molar refractivity (Wildman–Crippen MR) is 86.3 cm³/mol. The van der Waals surface area contributed by atoms with Gasteiger partial charge in [0.1, 0.15) is 0 Å². The lowest BCUT2D eigenvalue weighted by Gasteiger charge is -2.14. The first-order valence-corrected chi connectivity index (χ1v) is 9.15. The number of esters is 1. The number of hydrogen-bond acceptors (Lipinski definition) is 4. The molecule has 0 saturated carbocycles. The summed E-state index contributed by atoms with van der Waals surface area (Å²) in [5.74, 6) is -0.315. The summed E-state index contributed by atoms with van der Waals surface area (Å²) in [6.07, 6.45) is 3.98. The van der Waals surface area contributed by atoms with Gasteiger partial charge in [-0.3, -0.25) is 0 Å². The normalized spacial score (nSPS) is 11.2. The topological polar surface area (TPSA) is 44.8 Å². The van der Waals surface area contributed by atoms with Gasteiger partial charge in [0.05, 0.1) is 6.61 Å². The van der Waals surface area contributed by atoms with E-state index in [-0.39, 0.29) is 5.97 Å². The lowest BCUT2D eigenvalue weighted by atomic mass is 10.2. The number of carbonyl (C=O) groups is 1. The summed E-state index contributed by atoms with van der Waals surface area (Å²) in [7, 11) is -1.57. The van der Waals surface area contributed by atoms with Crippen molar-refractivity contribution in [2.75, 3.05) is 19.8 Å². The van der Waals surface area contributed by atoms with E-state index in [1.54, 1.807) is 6.08 Å². The van der Waals surface area contributed by atoms with Crippen LogP contribution in [-0.4, -0.2) is 35.1 Å². The summed E-state index contributed by atoms with van der Waals surface area (Å²) in [6, 6.07) is 10.5. The highest BCUT2D eigenvalue weighted by atomic mass is 28.3. The predicted octanol–water partition coefficient (Wildman–Crippen LogP) is 2.93. The SMILES string of the molecule is CCO[SiH](CCCOC(=O)/C=C/c1ccccc1)OCC. The number of rotatable bonds is 10. The zero-order valence-electron chi connectivity index (χ0n) is 12.8. The summed E-state index contributed by atoms with van der Waals surface area (Å²) in [5, 5.41) is 0. The fraction of sp³-hybridized carbons (Fsp3) is 0.438. The number of carbonyl (C=O) groups excluding carboxylic acids is 1. The Balaban J connectivity index is 2.19. The molecule has 0 aliphatic heterocycles. The maximum atomic E-state index is 11.6. The quantitative estimate of drug-likeness (QED) is 0.288. The lowest BCUT2D eigenvalue weighted by Crippen LogP contribution is -2.23. The minimum atomic E-state index is -1.57. The second-order valence-electron chi connectivity index (χ2n) is 4.39. The van der Waals surface area contributed by atoms with E-state index in [0.717, 1.165) is 18.0 Å². The van der Waals surface area contributed by atoms with Crippen LogP contribution in [0.3, 0.4) is 0 Å². The largest absolute Gasteiger partial charge is 0.463 e. The number of ether oxygens (including phenoxy) is 1. The molecule has 4 nitrogen and oxygen atoms in total. The molecular weight excluding hydrogens is 284 g/mol. The van der Waals surface area contributed by atoms with Gasteiger partial charge in [0.2, 0.25) is 0 Å². The first kappa shape index (κ1) is 17.6. The molecule has 0 aromatic heterocycles. The van der Waals surface area contributed by atoms with E-state index < -0.39 is 9.28 Å². The molecule has 0 unspecified atom stereocenters. The Morgan fingerprint density at radius 2 is 1.81 bits per heavy atom. The molecule has 1 rings (SSSR count). The Bertz CT molecular complexity index is 414. The van der Waals surface area contributed by atoms with Gasteiger partial charge in [-0.25, -0.2) is 4.79 Å². The molecule has 0 aliphatic carbocycles. The van der Waals surface area contributed by atoms with Crippen LogP contribution < -0.4 is 0 Å². The third kappa shape index (κ3) is 8.44. The number of benzene rings is 1. The highest BCUT2D eigenvalue weighted by Crippen LogP contribution is 2.04. The van der Waals surface area contributed by atoms with E-state index in [0.29, 0.717) is 19.8 Å². The van der Waals surface area contributed by atoms with Crippen molar-refractivity contribution in [2.45, 2.75) is 26.3 Å². The van der Waals surface area contributed by atoms with Crippen molar-refractivity contribution < 1.29 is 18.4 Å². The smallest absolute Gasteiger partial charge is 0.330 e. The zero-order chi connectivity index (χ0) is 15.3. The number of hydrogen-bond donors (Lipinski definition) is 0. The van der Waals surface area contributed by atoms with Crippen molar-refractivity contribution in [3.8, 4) is 0 Å². The molecule has 0 spiro atoms. The molecule has 0 bridgehead atoms. The molecule has 0 fully saturated rings. The van der Waals surface area contributed by atoms with E-state index in [1.165, 1.54) is 6.08 Å². The monoisotopic (exact) mass is 308 g/mol. The molecule has 1 aromatic carbocycles. The lowest BCUT2D eigenvalue weighted by molar-refractivity contribution is -0.137. The molecule has 0 aliphatic rings. The van der Waals surface area contributed by atoms with Gasteiger partial charge in [0, 0.05) is 19.3 Å². The highest BCUT2D eigenvalue weighted by Gasteiger charge is 2.11. The van der Waals surface area contributed by atoms with Gasteiger partial charge in [-0.1, -0.05) is 30.3 Å². The molecule has 1 aromatic rings. The van der Waals surface area contributed by atoms with Gasteiger partial charge >= 0.3 is 15.3 Å². The third-order valence-corrected chi connectivity index (χ3v) is 5.03. The molecule has 0 radical (unpaired) electrons. The van der Waals surface area contributed by atoms with Crippen LogP contribution in [0.25, 0.3) is 6.08 Å². The molecule has 0 saturated heterocycles. The maximum Gasteiger partial charge on any atom is 0.330 e. The van der Waals surface area contributed by atoms with Crippen LogP contribution in [0.1, 0.15) is 25.8 Å².